The normalized spacial score (nSPS) is 21.9. The second-order valence-electron chi connectivity index (χ2n) is 10.4. The number of amides is 3. The number of likely N-dealkylation sites (N-methyl/N-ethyl adjacent to an activating group) is 2. The minimum Gasteiger partial charge on any atom is -0.476 e. The lowest BCUT2D eigenvalue weighted by Crippen LogP contribution is -2.60. The van der Waals surface area contributed by atoms with Crippen LogP contribution in [0.5, 0.6) is 0 Å². The number of carboxylic acids is 1. The second kappa shape index (κ2) is 12.8. The third-order valence-electron chi connectivity index (χ3n) is 7.32. The summed E-state index contributed by atoms with van der Waals surface area (Å²) in [5.41, 5.74) is -1.22. The molecule has 0 bridgehead atoms. The maximum absolute atomic E-state index is 14.0. The van der Waals surface area contributed by atoms with E-state index in [1.807, 2.05) is 27.7 Å². The second-order valence-corrected chi connectivity index (χ2v) is 11.3. The summed E-state index contributed by atoms with van der Waals surface area (Å²) in [5.74, 6) is -2.35. The van der Waals surface area contributed by atoms with Crippen LogP contribution in [-0.2, 0) is 14.4 Å². The van der Waals surface area contributed by atoms with E-state index in [-0.39, 0.29) is 49.3 Å². The van der Waals surface area contributed by atoms with Gasteiger partial charge in [-0.25, -0.2) is 9.78 Å². The summed E-state index contributed by atoms with van der Waals surface area (Å²) in [6, 6.07) is -1.80. The Labute approximate surface area is 227 Å². The Bertz CT molecular complexity index is 1020. The molecule has 1 aromatic heterocycles. The fraction of sp³-hybridized carbons (Fsp3) is 0.731. The Morgan fingerprint density at radius 1 is 1.30 bits per heavy atom. The van der Waals surface area contributed by atoms with E-state index < -0.39 is 29.5 Å². The predicted octanol–water partition coefficient (Wildman–Crippen LogP) is 2.91. The van der Waals surface area contributed by atoms with Crippen molar-refractivity contribution in [2.75, 3.05) is 20.6 Å². The van der Waals surface area contributed by atoms with E-state index in [4.69, 9.17) is 2.74 Å². The molecule has 11 heteroatoms. The molecule has 0 saturated carbocycles. The van der Waals surface area contributed by atoms with Crippen molar-refractivity contribution < 1.29 is 27.0 Å². The summed E-state index contributed by atoms with van der Waals surface area (Å²) < 4.78 is 16.0. The van der Waals surface area contributed by atoms with Crippen molar-refractivity contribution in [1.82, 2.24) is 25.4 Å². The largest absolute Gasteiger partial charge is 0.476 e. The third-order valence-corrected chi connectivity index (χ3v) is 8.28. The van der Waals surface area contributed by atoms with Gasteiger partial charge in [-0.2, -0.15) is 0 Å². The van der Waals surface area contributed by atoms with E-state index in [1.165, 1.54) is 12.3 Å². The molecule has 3 amide bonds. The lowest BCUT2D eigenvalue weighted by molar-refractivity contribution is -0.142. The number of aromatic carboxylic acids is 1. The average Bonchev–Trinajstić information content (AvgIpc) is 3.56. The van der Waals surface area contributed by atoms with Crippen molar-refractivity contribution in [2.24, 2.45) is 11.8 Å². The molecule has 0 radical (unpaired) electrons. The molecule has 0 spiro atoms. The van der Waals surface area contributed by atoms with E-state index in [1.54, 1.807) is 16.8 Å². The van der Waals surface area contributed by atoms with Crippen LogP contribution in [0.2, 0.25) is 0 Å². The maximum atomic E-state index is 14.0. The Morgan fingerprint density at radius 2 is 2.00 bits per heavy atom. The zero-order valence-corrected chi connectivity index (χ0v) is 23.6. The first-order chi connectivity index (χ1) is 18.3. The number of carbonyl (C=O) groups excluding carboxylic acids is 3. The van der Waals surface area contributed by atoms with E-state index in [0.29, 0.717) is 37.2 Å². The van der Waals surface area contributed by atoms with Crippen LogP contribution < -0.4 is 10.6 Å². The number of nitrogens with zero attached hydrogens (tertiary/aromatic N) is 3. The van der Waals surface area contributed by atoms with Gasteiger partial charge in [-0.15, -0.1) is 11.3 Å². The highest BCUT2D eigenvalue weighted by Gasteiger charge is 2.43. The molecule has 5 atom stereocenters. The van der Waals surface area contributed by atoms with Gasteiger partial charge in [0.15, 0.2) is 5.69 Å². The number of aromatic nitrogens is 1. The summed E-state index contributed by atoms with van der Waals surface area (Å²) in [6.45, 7) is 9.51. The number of carbonyl (C=O) groups is 4. The van der Waals surface area contributed by atoms with Gasteiger partial charge in [0.1, 0.15) is 11.0 Å². The molecule has 0 aliphatic carbocycles. The molecule has 1 fully saturated rings. The molecular formula is C26H43N5O5S. The summed E-state index contributed by atoms with van der Waals surface area (Å²) in [7, 11) is 1.59. The van der Waals surface area contributed by atoms with E-state index >= 15 is 0 Å². The van der Waals surface area contributed by atoms with Gasteiger partial charge in [0.05, 0.1) is 11.6 Å². The highest BCUT2D eigenvalue weighted by Crippen LogP contribution is 2.30. The highest BCUT2D eigenvalue weighted by atomic mass is 32.1. The number of thiazole rings is 1. The smallest absolute Gasteiger partial charge is 0.355 e. The fourth-order valence-electron chi connectivity index (χ4n) is 4.66. The molecule has 1 saturated heterocycles. The van der Waals surface area contributed by atoms with Crippen molar-refractivity contribution >= 4 is 35.0 Å². The first kappa shape index (κ1) is 27.5. The van der Waals surface area contributed by atoms with Crippen LogP contribution >= 0.6 is 11.3 Å². The Morgan fingerprint density at radius 3 is 2.51 bits per heavy atom. The predicted molar refractivity (Wildman–Crippen MR) is 143 cm³/mol. The molecule has 1 aliphatic rings. The molecule has 1 aliphatic heterocycles. The quantitative estimate of drug-likeness (QED) is 0.372. The van der Waals surface area contributed by atoms with E-state index in [9.17, 15) is 24.3 Å². The van der Waals surface area contributed by atoms with Gasteiger partial charge in [-0.1, -0.05) is 34.1 Å². The maximum Gasteiger partial charge on any atom is 0.355 e. The standard InChI is InChI=1S/C26H43N5O5S/c1-9-16(4)21(29-25(36)26(6)11-10-12-30(26)7)23(33)31(8)20(15(2)3)13-18(27-17(5)32)22-28-19(14-37-22)24(34)35/h14-16,18,20-21H,9-13H2,1-8H3,(H,27,32)(H,29,36)(H,34,35)/t16-,18+,20+,21-,26-/m0/s1/i6D,7D. The van der Waals surface area contributed by atoms with Crippen molar-refractivity contribution in [3.8, 4) is 0 Å². The molecule has 37 heavy (non-hydrogen) atoms. The van der Waals surface area contributed by atoms with Gasteiger partial charge in [0.2, 0.25) is 17.7 Å². The molecule has 0 aromatic carbocycles. The third kappa shape index (κ3) is 7.28. The fourth-order valence-corrected chi connectivity index (χ4v) is 5.52. The van der Waals surface area contributed by atoms with Crippen LogP contribution in [0.1, 0.15) is 91.5 Å². The molecular weight excluding hydrogens is 494 g/mol. The Kier molecular flexibility index (Phi) is 9.53. The van der Waals surface area contributed by atoms with Crippen LogP contribution in [0.4, 0.5) is 0 Å². The average molecular weight is 540 g/mol. The first-order valence-electron chi connectivity index (χ1n) is 14.1. The Balaban J connectivity index is 2.34. The van der Waals surface area contributed by atoms with Gasteiger partial charge >= 0.3 is 5.97 Å². The summed E-state index contributed by atoms with van der Waals surface area (Å²) in [4.78, 5) is 58.3. The lowest BCUT2D eigenvalue weighted by Gasteiger charge is -2.38. The van der Waals surface area contributed by atoms with Gasteiger partial charge in [0.25, 0.3) is 0 Å². The number of likely N-dealkylation sites (tertiary alicyclic amines) is 1. The van der Waals surface area contributed by atoms with E-state index in [2.05, 4.69) is 15.6 Å². The van der Waals surface area contributed by atoms with Crippen molar-refractivity contribution in [2.45, 2.75) is 90.9 Å². The topological polar surface area (TPSA) is 132 Å². The highest BCUT2D eigenvalue weighted by molar-refractivity contribution is 7.09. The minimum absolute atomic E-state index is 0.0318. The summed E-state index contributed by atoms with van der Waals surface area (Å²) >= 11 is 1.14. The molecule has 0 unspecified atom stereocenters. The molecule has 3 N–H and O–H groups in total. The van der Waals surface area contributed by atoms with Crippen molar-refractivity contribution in [3.05, 3.63) is 16.1 Å². The molecule has 208 valence electrons. The van der Waals surface area contributed by atoms with Gasteiger partial charge in [0, 0.05) is 28.1 Å². The minimum atomic E-state index is -1.16. The van der Waals surface area contributed by atoms with Crippen molar-refractivity contribution in [3.63, 3.8) is 0 Å². The number of hydrogen-bond donors (Lipinski definition) is 3. The zero-order chi connectivity index (χ0) is 29.5. The lowest BCUT2D eigenvalue weighted by atomic mass is 9.91. The monoisotopic (exact) mass is 539 g/mol. The number of nitrogens with one attached hydrogen (secondary N) is 2. The zero-order valence-electron chi connectivity index (χ0n) is 24.7. The van der Waals surface area contributed by atoms with Crippen LogP contribution in [0, 0.1) is 11.8 Å². The number of hydrogen-bond acceptors (Lipinski definition) is 7. The van der Waals surface area contributed by atoms with E-state index in [0.717, 1.165) is 11.3 Å². The van der Waals surface area contributed by atoms with Crippen molar-refractivity contribution in [1.29, 1.82) is 0 Å². The van der Waals surface area contributed by atoms with Gasteiger partial charge in [-0.05, 0) is 51.6 Å². The summed E-state index contributed by atoms with van der Waals surface area (Å²) in [6.07, 6.45) is 2.12. The molecule has 1 aromatic rings. The number of carboxylic acid groups (broad SMARTS) is 1. The van der Waals surface area contributed by atoms with Crippen LogP contribution in [0.15, 0.2) is 5.38 Å². The van der Waals surface area contributed by atoms with Gasteiger partial charge in [-0.3, -0.25) is 19.3 Å². The molecule has 10 nitrogen and oxygen atoms in total. The summed E-state index contributed by atoms with van der Waals surface area (Å²) in [5, 5.41) is 17.0. The number of rotatable bonds is 12. The van der Waals surface area contributed by atoms with Crippen LogP contribution in [0.3, 0.4) is 0 Å². The van der Waals surface area contributed by atoms with Crippen LogP contribution in [0.25, 0.3) is 0 Å². The first-order valence-corrected chi connectivity index (χ1v) is 13.6. The Hall–Kier alpha value is -2.53. The van der Waals surface area contributed by atoms with Gasteiger partial charge < -0.3 is 20.6 Å². The molecule has 2 heterocycles. The van der Waals surface area contributed by atoms with Crippen LogP contribution in [-0.4, -0.2) is 81.8 Å². The molecule has 2 rings (SSSR count). The SMILES string of the molecule is [2H]CN1CCC[C@@]1(C[2H])C(=O)N[C@H](C(=O)N(C)[C@H](C[C@@H](NC(C)=O)c1nc(C(=O)O)cs1)C(C)C)[C@@H](C)CC.